The van der Waals surface area contributed by atoms with E-state index in [0.29, 0.717) is 12.2 Å². The average molecular weight is 225 g/mol. The number of hydrogen-bond donors (Lipinski definition) is 0. The van der Waals surface area contributed by atoms with E-state index in [1.165, 1.54) is 0 Å². The standard InChI is InChI=1S/C12H19NO3/c1-7-5-10(14)8-6-9(8)13(7)11(15)16-12(2,3)4/h7-9H,5-6H2,1-4H3. The highest BCUT2D eigenvalue weighted by Crippen LogP contribution is 2.43. The SMILES string of the molecule is CC1CC(=O)C2CC2N1C(=O)OC(C)(C)C. The summed E-state index contributed by atoms with van der Waals surface area (Å²) in [5.74, 6) is 0.390. The summed E-state index contributed by atoms with van der Waals surface area (Å²) in [6, 6.07) is 0.0807. The van der Waals surface area contributed by atoms with Gasteiger partial charge in [0.05, 0.1) is 0 Å². The molecule has 0 N–H and O–H groups in total. The van der Waals surface area contributed by atoms with Crippen molar-refractivity contribution >= 4 is 11.9 Å². The number of amides is 1. The van der Waals surface area contributed by atoms with Crippen molar-refractivity contribution in [1.82, 2.24) is 4.90 Å². The number of fused-ring (bicyclic) bond motifs is 1. The smallest absolute Gasteiger partial charge is 0.410 e. The van der Waals surface area contributed by atoms with Gasteiger partial charge in [0.2, 0.25) is 0 Å². The number of ether oxygens (including phenoxy) is 1. The Hall–Kier alpha value is -1.06. The van der Waals surface area contributed by atoms with E-state index >= 15 is 0 Å². The van der Waals surface area contributed by atoms with Crippen LogP contribution >= 0.6 is 0 Å². The highest BCUT2D eigenvalue weighted by Gasteiger charge is 2.54. The van der Waals surface area contributed by atoms with E-state index in [1.54, 1.807) is 4.90 Å². The number of piperidine rings is 1. The average Bonchev–Trinajstić information content (AvgIpc) is 2.79. The molecule has 2 rings (SSSR count). The third kappa shape index (κ3) is 2.06. The van der Waals surface area contributed by atoms with Crippen LogP contribution in [-0.4, -0.2) is 34.5 Å². The summed E-state index contributed by atoms with van der Waals surface area (Å²) < 4.78 is 5.36. The molecule has 4 heteroatoms. The fourth-order valence-electron chi connectivity index (χ4n) is 2.33. The van der Waals surface area contributed by atoms with Crippen LogP contribution in [0.1, 0.15) is 40.5 Å². The van der Waals surface area contributed by atoms with Crippen molar-refractivity contribution in [2.45, 2.75) is 58.2 Å². The minimum absolute atomic E-state index is 0.0221. The second kappa shape index (κ2) is 3.47. The van der Waals surface area contributed by atoms with Crippen molar-refractivity contribution in [1.29, 1.82) is 0 Å². The van der Waals surface area contributed by atoms with Crippen molar-refractivity contribution in [2.24, 2.45) is 5.92 Å². The first-order valence-corrected chi connectivity index (χ1v) is 5.83. The minimum atomic E-state index is -0.470. The number of rotatable bonds is 0. The van der Waals surface area contributed by atoms with Gasteiger partial charge in [-0.1, -0.05) is 0 Å². The van der Waals surface area contributed by atoms with E-state index in [-0.39, 0.29) is 24.1 Å². The number of hydrogen-bond acceptors (Lipinski definition) is 3. The van der Waals surface area contributed by atoms with Crippen molar-refractivity contribution in [3.05, 3.63) is 0 Å². The van der Waals surface area contributed by atoms with Crippen LogP contribution in [0.15, 0.2) is 0 Å². The molecule has 2 aliphatic rings. The van der Waals surface area contributed by atoms with Crippen molar-refractivity contribution in [3.8, 4) is 0 Å². The molecule has 1 aliphatic heterocycles. The van der Waals surface area contributed by atoms with Crippen LogP contribution in [0.25, 0.3) is 0 Å². The molecular formula is C12H19NO3. The molecule has 3 unspecified atom stereocenters. The molecule has 3 atom stereocenters. The number of likely N-dealkylation sites (tertiary alicyclic amines) is 1. The minimum Gasteiger partial charge on any atom is -0.444 e. The van der Waals surface area contributed by atoms with Crippen molar-refractivity contribution in [3.63, 3.8) is 0 Å². The molecule has 0 aromatic heterocycles. The molecule has 0 aromatic carbocycles. The van der Waals surface area contributed by atoms with E-state index in [4.69, 9.17) is 4.74 Å². The molecule has 1 amide bonds. The number of carbonyl (C=O) groups is 2. The third-order valence-electron chi connectivity index (χ3n) is 3.10. The molecular weight excluding hydrogens is 206 g/mol. The summed E-state index contributed by atoms with van der Waals surface area (Å²) in [5.41, 5.74) is -0.470. The first-order valence-electron chi connectivity index (χ1n) is 5.83. The molecule has 0 bridgehead atoms. The summed E-state index contributed by atoms with van der Waals surface area (Å²) in [7, 11) is 0. The number of Topliss-reactive ketones (excluding diaryl/α,β-unsaturated/α-hetero) is 1. The lowest BCUT2D eigenvalue weighted by Gasteiger charge is -2.34. The van der Waals surface area contributed by atoms with Gasteiger partial charge in [-0.25, -0.2) is 4.79 Å². The first-order chi connectivity index (χ1) is 7.29. The van der Waals surface area contributed by atoms with Crippen molar-refractivity contribution in [2.75, 3.05) is 0 Å². The number of nitrogens with zero attached hydrogens (tertiary/aromatic N) is 1. The van der Waals surface area contributed by atoms with E-state index < -0.39 is 5.60 Å². The van der Waals surface area contributed by atoms with Gasteiger partial charge in [0.15, 0.2) is 0 Å². The molecule has 16 heavy (non-hydrogen) atoms. The van der Waals surface area contributed by atoms with Gasteiger partial charge in [0.25, 0.3) is 0 Å². The highest BCUT2D eigenvalue weighted by atomic mass is 16.6. The van der Waals surface area contributed by atoms with Gasteiger partial charge < -0.3 is 9.64 Å². The van der Waals surface area contributed by atoms with Gasteiger partial charge in [-0.3, -0.25) is 4.79 Å². The molecule has 1 heterocycles. The van der Waals surface area contributed by atoms with E-state index in [2.05, 4.69) is 0 Å². The zero-order chi connectivity index (χ0) is 12.1. The van der Waals surface area contributed by atoms with Crippen LogP contribution in [0.5, 0.6) is 0 Å². The van der Waals surface area contributed by atoms with Crippen LogP contribution in [0.2, 0.25) is 0 Å². The van der Waals surface area contributed by atoms with Gasteiger partial charge >= 0.3 is 6.09 Å². The number of ketones is 1. The van der Waals surface area contributed by atoms with E-state index in [0.717, 1.165) is 6.42 Å². The predicted octanol–water partition coefficient (Wildman–Crippen LogP) is 1.97. The maximum atomic E-state index is 12.0. The van der Waals surface area contributed by atoms with Crippen LogP contribution in [0.4, 0.5) is 4.79 Å². The molecule has 90 valence electrons. The maximum Gasteiger partial charge on any atom is 0.410 e. The molecule has 1 saturated heterocycles. The van der Waals surface area contributed by atoms with Gasteiger partial charge in [0, 0.05) is 24.4 Å². The molecule has 2 fully saturated rings. The summed E-state index contributed by atoms with van der Waals surface area (Å²) in [6.45, 7) is 7.48. The first kappa shape index (κ1) is 11.4. The summed E-state index contributed by atoms with van der Waals surface area (Å²) in [4.78, 5) is 25.2. The Kier molecular flexibility index (Phi) is 2.48. The quantitative estimate of drug-likeness (QED) is 0.633. The molecule has 0 radical (unpaired) electrons. The molecule has 0 aromatic rings. The predicted molar refractivity (Wildman–Crippen MR) is 59.1 cm³/mol. The zero-order valence-electron chi connectivity index (χ0n) is 10.3. The second-order valence-corrected chi connectivity index (χ2v) is 5.82. The summed E-state index contributed by atoms with van der Waals surface area (Å²) >= 11 is 0. The van der Waals surface area contributed by atoms with Crippen LogP contribution in [-0.2, 0) is 9.53 Å². The Morgan fingerprint density at radius 1 is 1.44 bits per heavy atom. The fourth-order valence-corrected chi connectivity index (χ4v) is 2.33. The number of carbonyl (C=O) groups excluding carboxylic acids is 2. The largest absolute Gasteiger partial charge is 0.444 e. The molecule has 4 nitrogen and oxygen atoms in total. The topological polar surface area (TPSA) is 46.6 Å². The Morgan fingerprint density at radius 3 is 2.62 bits per heavy atom. The third-order valence-corrected chi connectivity index (χ3v) is 3.10. The molecule has 1 saturated carbocycles. The van der Waals surface area contributed by atoms with Gasteiger partial charge in [0.1, 0.15) is 11.4 Å². The second-order valence-electron chi connectivity index (χ2n) is 5.82. The lowest BCUT2D eigenvalue weighted by molar-refractivity contribution is -0.123. The molecule has 1 aliphatic carbocycles. The summed E-state index contributed by atoms with van der Waals surface area (Å²) in [5, 5.41) is 0. The Bertz CT molecular complexity index is 330. The van der Waals surface area contributed by atoms with Crippen LogP contribution in [0.3, 0.4) is 0 Å². The Balaban J connectivity index is 2.04. The lowest BCUT2D eigenvalue weighted by Crippen LogP contribution is -2.48. The van der Waals surface area contributed by atoms with E-state index in [9.17, 15) is 9.59 Å². The fraction of sp³-hybridized carbons (Fsp3) is 0.833. The van der Waals surface area contributed by atoms with Crippen LogP contribution in [0, 0.1) is 5.92 Å². The van der Waals surface area contributed by atoms with E-state index in [1.807, 2.05) is 27.7 Å². The van der Waals surface area contributed by atoms with Crippen LogP contribution < -0.4 is 0 Å². The van der Waals surface area contributed by atoms with Gasteiger partial charge in [-0.2, -0.15) is 0 Å². The lowest BCUT2D eigenvalue weighted by atomic mass is 10.0. The zero-order valence-corrected chi connectivity index (χ0v) is 10.3. The Labute approximate surface area is 95.9 Å². The molecule has 0 spiro atoms. The van der Waals surface area contributed by atoms with Crippen molar-refractivity contribution < 1.29 is 14.3 Å². The Morgan fingerprint density at radius 2 is 2.06 bits per heavy atom. The van der Waals surface area contributed by atoms with Gasteiger partial charge in [-0.05, 0) is 34.1 Å². The normalized spacial score (nSPS) is 33.4. The summed E-state index contributed by atoms with van der Waals surface area (Å²) in [6.07, 6.45) is 1.02. The monoisotopic (exact) mass is 225 g/mol. The highest BCUT2D eigenvalue weighted by molar-refractivity contribution is 5.88. The maximum absolute atomic E-state index is 12.0. The van der Waals surface area contributed by atoms with Gasteiger partial charge in [-0.15, -0.1) is 0 Å².